The van der Waals surface area contributed by atoms with E-state index in [4.69, 9.17) is 0 Å². The Hall–Kier alpha value is -2.20. The number of H-pyrrole nitrogens is 1. The molecule has 0 spiro atoms. The van der Waals surface area contributed by atoms with Gasteiger partial charge in [0.25, 0.3) is 0 Å². The minimum Gasteiger partial charge on any atom is -0.348 e. The number of rotatable bonds is 4. The fourth-order valence-corrected chi connectivity index (χ4v) is 3.38. The summed E-state index contributed by atoms with van der Waals surface area (Å²) in [6, 6.07) is 10.6. The van der Waals surface area contributed by atoms with Crippen LogP contribution in [0.5, 0.6) is 0 Å². The van der Waals surface area contributed by atoms with Crippen LogP contribution >= 0.6 is 0 Å². The fraction of sp³-hybridized carbons (Fsp3) is 0.333. The minimum atomic E-state index is 0.720. The van der Waals surface area contributed by atoms with Crippen molar-refractivity contribution in [3.8, 4) is 0 Å². The Morgan fingerprint density at radius 2 is 2.18 bits per heavy atom. The largest absolute Gasteiger partial charge is 0.348 e. The van der Waals surface area contributed by atoms with Crippen molar-refractivity contribution in [2.45, 2.75) is 19.4 Å². The van der Waals surface area contributed by atoms with E-state index in [9.17, 15) is 0 Å². The lowest BCUT2D eigenvalue weighted by Gasteiger charge is -2.14. The first-order chi connectivity index (χ1) is 10.9. The molecule has 4 heteroatoms. The van der Waals surface area contributed by atoms with Crippen LogP contribution in [0.1, 0.15) is 17.8 Å². The highest BCUT2D eigenvalue weighted by atomic mass is 15.2. The molecule has 4 nitrogen and oxygen atoms in total. The number of aromatic nitrogens is 3. The summed E-state index contributed by atoms with van der Waals surface area (Å²) in [5.74, 6) is 1.78. The van der Waals surface area contributed by atoms with Gasteiger partial charge in [0, 0.05) is 30.5 Å². The minimum absolute atomic E-state index is 0.720. The standard InChI is InChI=1S/C18H20N4/c1-2-4-17-16(3-1)10-15(11-21-17)9-14-5-8-22(12-14)13-18-19-6-7-20-18/h1-4,6-7,10-11,14H,5,8-9,12-13H2,(H,19,20)/t14-/m1/s1. The van der Waals surface area contributed by atoms with Gasteiger partial charge in [0.1, 0.15) is 5.82 Å². The van der Waals surface area contributed by atoms with Crippen molar-refractivity contribution in [1.29, 1.82) is 0 Å². The van der Waals surface area contributed by atoms with Crippen LogP contribution in [-0.2, 0) is 13.0 Å². The second kappa shape index (κ2) is 5.89. The highest BCUT2D eigenvalue weighted by Crippen LogP contribution is 2.23. The summed E-state index contributed by atoms with van der Waals surface area (Å²) in [5, 5.41) is 1.24. The smallest absolute Gasteiger partial charge is 0.120 e. The Morgan fingerprint density at radius 3 is 3.09 bits per heavy atom. The molecule has 1 aromatic carbocycles. The predicted molar refractivity (Wildman–Crippen MR) is 87.4 cm³/mol. The number of aromatic amines is 1. The number of fused-ring (bicyclic) bond motifs is 1. The van der Waals surface area contributed by atoms with Gasteiger partial charge in [0.15, 0.2) is 0 Å². The van der Waals surface area contributed by atoms with Gasteiger partial charge in [0.2, 0.25) is 0 Å². The SMILES string of the molecule is c1ccc2ncc(C[C@H]3CCN(Cc4ncc[nH]4)C3)cc2c1. The summed E-state index contributed by atoms with van der Waals surface area (Å²) in [7, 11) is 0. The number of nitrogens with one attached hydrogen (secondary N) is 1. The Bertz CT molecular complexity index is 751. The summed E-state index contributed by atoms with van der Waals surface area (Å²) >= 11 is 0. The molecule has 0 unspecified atom stereocenters. The molecule has 0 aliphatic carbocycles. The van der Waals surface area contributed by atoms with E-state index < -0.39 is 0 Å². The number of benzene rings is 1. The van der Waals surface area contributed by atoms with Crippen LogP contribution in [0, 0.1) is 5.92 Å². The number of hydrogen-bond donors (Lipinski definition) is 1. The van der Waals surface area contributed by atoms with Gasteiger partial charge in [-0.2, -0.15) is 0 Å². The average Bonchev–Trinajstić information content (AvgIpc) is 3.20. The van der Waals surface area contributed by atoms with Crippen LogP contribution in [0.3, 0.4) is 0 Å². The van der Waals surface area contributed by atoms with Gasteiger partial charge in [-0.05, 0) is 43.0 Å². The quantitative estimate of drug-likeness (QED) is 0.804. The maximum absolute atomic E-state index is 4.57. The molecular formula is C18H20N4. The predicted octanol–water partition coefficient (Wildman–Crippen LogP) is 3.02. The van der Waals surface area contributed by atoms with Crippen molar-refractivity contribution in [1.82, 2.24) is 19.9 Å². The molecule has 112 valence electrons. The normalized spacial score (nSPS) is 19.0. The molecule has 0 radical (unpaired) electrons. The van der Waals surface area contributed by atoms with E-state index >= 15 is 0 Å². The maximum Gasteiger partial charge on any atom is 0.120 e. The average molecular weight is 292 g/mol. The lowest BCUT2D eigenvalue weighted by molar-refractivity contribution is 0.309. The third-order valence-corrected chi connectivity index (χ3v) is 4.47. The first-order valence-electron chi connectivity index (χ1n) is 7.91. The van der Waals surface area contributed by atoms with Crippen LogP contribution in [0.25, 0.3) is 10.9 Å². The van der Waals surface area contributed by atoms with Crippen molar-refractivity contribution >= 4 is 10.9 Å². The number of imidazole rings is 1. The van der Waals surface area contributed by atoms with E-state index in [0.29, 0.717) is 0 Å². The van der Waals surface area contributed by atoms with E-state index in [-0.39, 0.29) is 0 Å². The van der Waals surface area contributed by atoms with Crippen molar-refractivity contribution in [3.05, 3.63) is 60.3 Å². The van der Waals surface area contributed by atoms with Crippen LogP contribution in [0.4, 0.5) is 0 Å². The monoisotopic (exact) mass is 292 g/mol. The maximum atomic E-state index is 4.57. The Kier molecular flexibility index (Phi) is 3.60. The van der Waals surface area contributed by atoms with Gasteiger partial charge in [-0.15, -0.1) is 0 Å². The third kappa shape index (κ3) is 2.88. The molecule has 1 aliphatic rings. The molecule has 3 heterocycles. The molecule has 1 atom stereocenters. The summed E-state index contributed by atoms with van der Waals surface area (Å²) in [6.07, 6.45) is 8.13. The summed E-state index contributed by atoms with van der Waals surface area (Å²) in [5.41, 5.74) is 2.43. The molecule has 22 heavy (non-hydrogen) atoms. The Morgan fingerprint density at radius 1 is 1.23 bits per heavy atom. The molecule has 0 bridgehead atoms. The Balaban J connectivity index is 1.40. The van der Waals surface area contributed by atoms with Gasteiger partial charge in [-0.25, -0.2) is 4.98 Å². The molecule has 0 saturated carbocycles. The molecule has 0 amide bonds. The summed E-state index contributed by atoms with van der Waals surface area (Å²) < 4.78 is 0. The number of hydrogen-bond acceptors (Lipinski definition) is 3. The topological polar surface area (TPSA) is 44.8 Å². The number of para-hydroxylation sites is 1. The lowest BCUT2D eigenvalue weighted by atomic mass is 9.99. The molecule has 1 fully saturated rings. The van der Waals surface area contributed by atoms with Crippen LogP contribution in [-0.4, -0.2) is 32.9 Å². The van der Waals surface area contributed by atoms with Crippen LogP contribution < -0.4 is 0 Å². The molecule has 1 saturated heterocycles. The van der Waals surface area contributed by atoms with Crippen LogP contribution in [0.15, 0.2) is 48.9 Å². The summed E-state index contributed by atoms with van der Waals surface area (Å²) in [6.45, 7) is 3.24. The summed E-state index contributed by atoms with van der Waals surface area (Å²) in [4.78, 5) is 14.6. The van der Waals surface area contributed by atoms with Gasteiger partial charge < -0.3 is 4.98 Å². The van der Waals surface area contributed by atoms with E-state index in [1.54, 1.807) is 0 Å². The van der Waals surface area contributed by atoms with E-state index in [1.807, 2.05) is 24.7 Å². The van der Waals surface area contributed by atoms with Gasteiger partial charge >= 0.3 is 0 Å². The lowest BCUT2D eigenvalue weighted by Crippen LogP contribution is -2.21. The zero-order valence-corrected chi connectivity index (χ0v) is 12.6. The molecule has 1 aliphatic heterocycles. The van der Waals surface area contributed by atoms with E-state index in [1.165, 1.54) is 17.4 Å². The van der Waals surface area contributed by atoms with Gasteiger partial charge in [-0.3, -0.25) is 9.88 Å². The zero-order valence-electron chi connectivity index (χ0n) is 12.6. The second-order valence-corrected chi connectivity index (χ2v) is 6.17. The molecular weight excluding hydrogens is 272 g/mol. The van der Waals surface area contributed by atoms with Crippen molar-refractivity contribution in [3.63, 3.8) is 0 Å². The molecule has 2 aromatic heterocycles. The molecule has 3 aromatic rings. The first kappa shape index (κ1) is 13.5. The van der Waals surface area contributed by atoms with Crippen molar-refractivity contribution in [2.24, 2.45) is 5.92 Å². The van der Waals surface area contributed by atoms with Crippen molar-refractivity contribution in [2.75, 3.05) is 13.1 Å². The number of likely N-dealkylation sites (tertiary alicyclic amines) is 1. The van der Waals surface area contributed by atoms with Gasteiger partial charge in [-0.1, -0.05) is 18.2 Å². The van der Waals surface area contributed by atoms with Crippen molar-refractivity contribution < 1.29 is 0 Å². The first-order valence-corrected chi connectivity index (χ1v) is 7.91. The van der Waals surface area contributed by atoms with Crippen LogP contribution in [0.2, 0.25) is 0 Å². The number of nitrogens with zero attached hydrogens (tertiary/aromatic N) is 3. The molecule has 4 rings (SSSR count). The zero-order chi connectivity index (χ0) is 14.8. The highest BCUT2D eigenvalue weighted by Gasteiger charge is 2.23. The molecule has 1 N–H and O–H groups in total. The van der Waals surface area contributed by atoms with Gasteiger partial charge in [0.05, 0.1) is 12.1 Å². The van der Waals surface area contributed by atoms with E-state index in [2.05, 4.69) is 44.1 Å². The highest BCUT2D eigenvalue weighted by molar-refractivity contribution is 5.78. The fourth-order valence-electron chi connectivity index (χ4n) is 3.38. The third-order valence-electron chi connectivity index (χ3n) is 4.47. The Labute approximate surface area is 130 Å². The van der Waals surface area contributed by atoms with E-state index in [0.717, 1.165) is 43.3 Å². The second-order valence-electron chi connectivity index (χ2n) is 6.17. The number of pyridine rings is 1.